The minimum atomic E-state index is 0.839. The van der Waals surface area contributed by atoms with Gasteiger partial charge < -0.3 is 5.43 Å². The molecule has 4 heteroatoms. The Morgan fingerprint density at radius 3 is 3.00 bits per heavy atom. The summed E-state index contributed by atoms with van der Waals surface area (Å²) in [4.78, 5) is 0. The van der Waals surface area contributed by atoms with Crippen LogP contribution < -0.4 is 5.43 Å². The molecule has 0 atom stereocenters. The highest BCUT2D eigenvalue weighted by molar-refractivity contribution is 5.53. The zero-order valence-corrected chi connectivity index (χ0v) is 4.89. The van der Waals surface area contributed by atoms with Crippen molar-refractivity contribution in [3.05, 3.63) is 0 Å². The van der Waals surface area contributed by atoms with E-state index in [0.29, 0.717) is 0 Å². The van der Waals surface area contributed by atoms with Crippen LogP contribution in [-0.2, 0) is 0 Å². The van der Waals surface area contributed by atoms with Gasteiger partial charge in [0.1, 0.15) is 0 Å². The summed E-state index contributed by atoms with van der Waals surface area (Å²) in [6.07, 6.45) is 2.20. The van der Waals surface area contributed by atoms with E-state index in [2.05, 4.69) is 15.6 Å². The first-order chi connectivity index (χ1) is 3.91. The fourth-order valence-corrected chi connectivity index (χ4v) is 0.246. The largest absolute Gasteiger partial charge is 0.309 e. The van der Waals surface area contributed by atoms with E-state index >= 15 is 0 Å². The first kappa shape index (κ1) is 7.07. The lowest BCUT2D eigenvalue weighted by atomic mass is 10.5. The van der Waals surface area contributed by atoms with E-state index in [4.69, 9.17) is 5.53 Å². The minimum Gasteiger partial charge on any atom is -0.309 e. The second-order valence-electron chi connectivity index (χ2n) is 1.28. The predicted octanol–water partition coefficient (Wildman–Crippen LogP) is 0.960. The second kappa shape index (κ2) is 6.07. The van der Waals surface area contributed by atoms with Crippen LogP contribution in [0, 0.1) is 5.53 Å². The maximum Gasteiger partial charge on any atom is 0.157 e. The molecule has 2 N–H and O–H groups in total. The van der Waals surface area contributed by atoms with Crippen molar-refractivity contribution < 1.29 is 0 Å². The van der Waals surface area contributed by atoms with E-state index < -0.39 is 0 Å². The Kier molecular flexibility index (Phi) is 5.36. The lowest BCUT2D eigenvalue weighted by molar-refractivity contribution is 0.717. The Morgan fingerprint density at radius 2 is 2.50 bits per heavy atom. The molecule has 0 aliphatic heterocycles. The molecule has 46 valence electrons. The summed E-state index contributed by atoms with van der Waals surface area (Å²) in [7, 11) is 0. The van der Waals surface area contributed by atoms with Gasteiger partial charge in [0.2, 0.25) is 0 Å². The Bertz CT molecular complexity index is 78.1. The molecule has 0 fully saturated rings. The van der Waals surface area contributed by atoms with Crippen molar-refractivity contribution in [1.29, 1.82) is 5.53 Å². The quantitative estimate of drug-likeness (QED) is 0.185. The highest BCUT2D eigenvalue weighted by Crippen LogP contribution is 1.67. The zero-order chi connectivity index (χ0) is 6.24. The first-order valence-corrected chi connectivity index (χ1v) is 2.52. The molecule has 0 aromatic rings. The summed E-state index contributed by atoms with van der Waals surface area (Å²) >= 11 is 0. The number of nitrogens with zero attached hydrogens (tertiary/aromatic N) is 2. The topological polar surface area (TPSA) is 60.6 Å². The summed E-state index contributed by atoms with van der Waals surface area (Å²) in [5, 5.41) is 6.45. The summed E-state index contributed by atoms with van der Waals surface area (Å²) in [6, 6.07) is 0. The van der Waals surface area contributed by atoms with E-state index in [0.717, 1.165) is 19.3 Å². The summed E-state index contributed by atoms with van der Waals surface area (Å²) in [5.74, 6) is 0. The van der Waals surface area contributed by atoms with Crippen LogP contribution in [0.4, 0.5) is 0 Å². The van der Waals surface area contributed by atoms with Crippen LogP contribution in [-0.4, -0.2) is 12.9 Å². The molecule has 0 aliphatic carbocycles. The normalized spacial score (nSPS) is 9.62. The van der Waals surface area contributed by atoms with E-state index in [-0.39, 0.29) is 0 Å². The summed E-state index contributed by atoms with van der Waals surface area (Å²) < 4.78 is 0. The molecule has 0 saturated carbocycles. The van der Waals surface area contributed by atoms with E-state index in [1.54, 1.807) is 0 Å². The molecule has 0 radical (unpaired) electrons. The van der Waals surface area contributed by atoms with Crippen molar-refractivity contribution in [3.63, 3.8) is 0 Å². The SMILES string of the molecule is CCCN/N=C/N=N. The van der Waals surface area contributed by atoms with Crippen LogP contribution in [0.1, 0.15) is 13.3 Å². The molecular formula is C4H10N4. The Labute approximate surface area is 48.5 Å². The van der Waals surface area contributed by atoms with Gasteiger partial charge in [-0.15, -0.1) is 5.11 Å². The van der Waals surface area contributed by atoms with Gasteiger partial charge in [-0.2, -0.15) is 5.10 Å². The Hall–Kier alpha value is -0.930. The molecule has 0 aliphatic rings. The van der Waals surface area contributed by atoms with Gasteiger partial charge in [0, 0.05) is 6.54 Å². The summed E-state index contributed by atoms with van der Waals surface area (Å²) in [5.41, 5.74) is 8.97. The van der Waals surface area contributed by atoms with Gasteiger partial charge in [-0.25, -0.2) is 5.53 Å². The van der Waals surface area contributed by atoms with E-state index in [1.165, 1.54) is 0 Å². The highest BCUT2D eigenvalue weighted by Gasteiger charge is 1.70. The van der Waals surface area contributed by atoms with Crippen LogP contribution in [0.2, 0.25) is 0 Å². The maximum absolute atomic E-state index is 6.27. The van der Waals surface area contributed by atoms with Crippen molar-refractivity contribution in [3.8, 4) is 0 Å². The maximum atomic E-state index is 6.27. The van der Waals surface area contributed by atoms with Gasteiger partial charge in [-0.05, 0) is 6.42 Å². The molecule has 0 amide bonds. The van der Waals surface area contributed by atoms with Crippen LogP contribution in [0.5, 0.6) is 0 Å². The Balaban J connectivity index is 2.91. The molecule has 0 spiro atoms. The van der Waals surface area contributed by atoms with Crippen molar-refractivity contribution >= 4 is 6.34 Å². The molecule has 0 rings (SSSR count). The Morgan fingerprint density at radius 1 is 1.75 bits per heavy atom. The summed E-state index contributed by atoms with van der Waals surface area (Å²) in [6.45, 7) is 2.88. The molecule has 0 unspecified atom stereocenters. The molecule has 8 heavy (non-hydrogen) atoms. The molecule has 4 nitrogen and oxygen atoms in total. The number of rotatable bonds is 4. The first-order valence-electron chi connectivity index (χ1n) is 2.52. The van der Waals surface area contributed by atoms with Crippen LogP contribution in [0.25, 0.3) is 0 Å². The fraction of sp³-hybridized carbons (Fsp3) is 0.750. The van der Waals surface area contributed by atoms with Gasteiger partial charge in [0.15, 0.2) is 6.34 Å². The average molecular weight is 114 g/mol. The van der Waals surface area contributed by atoms with Gasteiger partial charge in [0.05, 0.1) is 0 Å². The molecule has 0 saturated heterocycles. The molecule has 0 bridgehead atoms. The predicted molar refractivity (Wildman–Crippen MR) is 31.9 cm³/mol. The van der Waals surface area contributed by atoms with Crippen molar-refractivity contribution in [2.24, 2.45) is 10.2 Å². The van der Waals surface area contributed by atoms with Crippen molar-refractivity contribution in [1.82, 2.24) is 5.43 Å². The number of hydrogen-bond acceptors (Lipinski definition) is 3. The number of hydrogen-bond donors (Lipinski definition) is 2. The third-order valence-electron chi connectivity index (χ3n) is 0.569. The van der Waals surface area contributed by atoms with Gasteiger partial charge in [-0.3, -0.25) is 0 Å². The minimum absolute atomic E-state index is 0.839. The highest BCUT2D eigenvalue weighted by atomic mass is 15.3. The molecule has 0 aromatic heterocycles. The van der Waals surface area contributed by atoms with E-state index in [9.17, 15) is 0 Å². The van der Waals surface area contributed by atoms with Crippen molar-refractivity contribution in [2.45, 2.75) is 13.3 Å². The number of hydrazone groups is 1. The second-order valence-corrected chi connectivity index (χ2v) is 1.28. The third kappa shape index (κ3) is 5.07. The smallest absolute Gasteiger partial charge is 0.157 e. The number of nitrogens with one attached hydrogen (secondary N) is 2. The van der Waals surface area contributed by atoms with Crippen LogP contribution in [0.3, 0.4) is 0 Å². The third-order valence-corrected chi connectivity index (χ3v) is 0.569. The lowest BCUT2D eigenvalue weighted by Gasteiger charge is -1.90. The van der Waals surface area contributed by atoms with Gasteiger partial charge in [0.25, 0.3) is 0 Å². The lowest BCUT2D eigenvalue weighted by Crippen LogP contribution is -2.04. The van der Waals surface area contributed by atoms with Crippen LogP contribution in [0.15, 0.2) is 10.2 Å². The standard InChI is InChI=1S/C4H10N4/c1-2-3-7-8-4-6-5/h4-5,7H,2-3H2,1H3/b6-5?,8-4+. The molecule has 0 heterocycles. The van der Waals surface area contributed by atoms with Crippen LogP contribution >= 0.6 is 0 Å². The monoisotopic (exact) mass is 114 g/mol. The fourth-order valence-electron chi connectivity index (χ4n) is 0.246. The molecular weight excluding hydrogens is 104 g/mol. The van der Waals surface area contributed by atoms with Gasteiger partial charge >= 0.3 is 0 Å². The van der Waals surface area contributed by atoms with Crippen molar-refractivity contribution in [2.75, 3.05) is 6.54 Å². The van der Waals surface area contributed by atoms with E-state index in [1.807, 2.05) is 6.92 Å². The average Bonchev–Trinajstić information content (AvgIpc) is 1.81. The van der Waals surface area contributed by atoms with Gasteiger partial charge in [-0.1, -0.05) is 6.92 Å². The zero-order valence-electron chi connectivity index (χ0n) is 4.89. The molecule has 0 aromatic carbocycles.